The van der Waals surface area contributed by atoms with Crippen molar-refractivity contribution in [3.8, 4) is 11.5 Å². The second-order valence-corrected chi connectivity index (χ2v) is 2.79. The largest absolute Gasteiger partial charge is 0.497 e. The lowest BCUT2D eigenvalue weighted by atomic mass is 10.3. The Hall–Kier alpha value is -1.38. The highest BCUT2D eigenvalue weighted by molar-refractivity contribution is 5.50. The van der Waals surface area contributed by atoms with Crippen LogP contribution < -0.4 is 15.2 Å². The van der Waals surface area contributed by atoms with Crippen LogP contribution in [0.4, 0.5) is 5.69 Å². The first kappa shape index (κ1) is 9.71. The number of nitrogens with two attached hydrogens (primary N) is 1. The highest BCUT2D eigenvalue weighted by Crippen LogP contribution is 2.23. The molecule has 0 heterocycles. The molecule has 0 radical (unpaired) electrons. The lowest BCUT2D eigenvalue weighted by Gasteiger charge is -2.07. The number of anilines is 1. The molecule has 0 atom stereocenters. The molecule has 3 heteroatoms. The predicted octanol–water partition coefficient (Wildman–Crippen LogP) is 2.07. The third-order valence-corrected chi connectivity index (χ3v) is 1.61. The number of methoxy groups -OCH3 is 1. The Morgan fingerprint density at radius 3 is 2.54 bits per heavy atom. The fourth-order valence-corrected chi connectivity index (χ4v) is 1.01. The Bertz CT molecular complexity index is 274. The Kier molecular flexibility index (Phi) is 3.43. The molecule has 3 nitrogen and oxygen atoms in total. The topological polar surface area (TPSA) is 44.5 Å². The van der Waals surface area contributed by atoms with Crippen molar-refractivity contribution in [2.45, 2.75) is 13.3 Å². The van der Waals surface area contributed by atoms with Gasteiger partial charge in [0.1, 0.15) is 11.5 Å². The second kappa shape index (κ2) is 4.60. The molecule has 0 aromatic heterocycles. The van der Waals surface area contributed by atoms with Crippen molar-refractivity contribution in [2.75, 3.05) is 19.5 Å². The van der Waals surface area contributed by atoms with Crippen LogP contribution in [0, 0.1) is 0 Å². The molecule has 0 spiro atoms. The summed E-state index contributed by atoms with van der Waals surface area (Å²) in [5, 5.41) is 0. The van der Waals surface area contributed by atoms with Gasteiger partial charge in [-0.15, -0.1) is 0 Å². The van der Waals surface area contributed by atoms with Gasteiger partial charge in [-0.25, -0.2) is 0 Å². The monoisotopic (exact) mass is 181 g/mol. The van der Waals surface area contributed by atoms with E-state index in [9.17, 15) is 0 Å². The van der Waals surface area contributed by atoms with E-state index in [1.165, 1.54) is 0 Å². The van der Waals surface area contributed by atoms with Crippen LogP contribution in [0.1, 0.15) is 13.3 Å². The number of rotatable bonds is 4. The van der Waals surface area contributed by atoms with Gasteiger partial charge in [0.05, 0.1) is 13.7 Å². The van der Waals surface area contributed by atoms with E-state index in [-0.39, 0.29) is 0 Å². The van der Waals surface area contributed by atoms with Gasteiger partial charge in [0, 0.05) is 23.9 Å². The SMILES string of the molecule is CCCOc1cc(N)cc(OC)c1. The van der Waals surface area contributed by atoms with Gasteiger partial charge in [-0.05, 0) is 6.42 Å². The summed E-state index contributed by atoms with van der Waals surface area (Å²) in [6, 6.07) is 5.38. The first-order valence-electron chi connectivity index (χ1n) is 4.33. The minimum atomic E-state index is 0.658. The molecule has 0 aliphatic carbocycles. The van der Waals surface area contributed by atoms with Gasteiger partial charge in [0.15, 0.2) is 0 Å². The van der Waals surface area contributed by atoms with Crippen molar-refractivity contribution in [1.29, 1.82) is 0 Å². The van der Waals surface area contributed by atoms with Crippen molar-refractivity contribution in [1.82, 2.24) is 0 Å². The van der Waals surface area contributed by atoms with Crippen LogP contribution in [0.3, 0.4) is 0 Å². The van der Waals surface area contributed by atoms with E-state index in [0.29, 0.717) is 12.3 Å². The maximum atomic E-state index is 5.65. The molecule has 0 fully saturated rings. The van der Waals surface area contributed by atoms with Gasteiger partial charge < -0.3 is 15.2 Å². The maximum absolute atomic E-state index is 5.65. The molecule has 0 saturated carbocycles. The molecule has 0 bridgehead atoms. The van der Waals surface area contributed by atoms with Crippen molar-refractivity contribution in [2.24, 2.45) is 0 Å². The molecule has 0 saturated heterocycles. The molecule has 1 aromatic carbocycles. The van der Waals surface area contributed by atoms with E-state index >= 15 is 0 Å². The lowest BCUT2D eigenvalue weighted by Crippen LogP contribution is -1.97. The van der Waals surface area contributed by atoms with E-state index < -0.39 is 0 Å². The van der Waals surface area contributed by atoms with Gasteiger partial charge in [-0.1, -0.05) is 6.92 Å². The highest BCUT2D eigenvalue weighted by Gasteiger charge is 1.98. The number of benzene rings is 1. The average Bonchev–Trinajstić information content (AvgIpc) is 2.14. The number of nitrogen functional groups attached to an aromatic ring is 1. The summed E-state index contributed by atoms with van der Waals surface area (Å²) in [6.07, 6.45) is 0.983. The molecule has 1 rings (SSSR count). The summed E-state index contributed by atoms with van der Waals surface area (Å²) in [5.74, 6) is 1.49. The van der Waals surface area contributed by atoms with Gasteiger partial charge in [-0.3, -0.25) is 0 Å². The van der Waals surface area contributed by atoms with E-state index in [1.54, 1.807) is 19.2 Å². The molecule has 0 aliphatic heterocycles. The van der Waals surface area contributed by atoms with E-state index in [0.717, 1.165) is 17.9 Å². The average molecular weight is 181 g/mol. The Morgan fingerprint density at radius 1 is 1.23 bits per heavy atom. The van der Waals surface area contributed by atoms with Gasteiger partial charge in [0.25, 0.3) is 0 Å². The lowest BCUT2D eigenvalue weighted by molar-refractivity contribution is 0.315. The third kappa shape index (κ3) is 2.86. The minimum absolute atomic E-state index is 0.658. The Balaban J connectivity index is 2.76. The first-order valence-corrected chi connectivity index (χ1v) is 4.33. The zero-order valence-corrected chi connectivity index (χ0v) is 8.04. The van der Waals surface area contributed by atoms with Gasteiger partial charge in [-0.2, -0.15) is 0 Å². The zero-order valence-electron chi connectivity index (χ0n) is 8.04. The van der Waals surface area contributed by atoms with Crippen LogP contribution in [-0.4, -0.2) is 13.7 Å². The summed E-state index contributed by atoms with van der Waals surface area (Å²) >= 11 is 0. The van der Waals surface area contributed by atoms with Crippen molar-refractivity contribution < 1.29 is 9.47 Å². The smallest absolute Gasteiger partial charge is 0.125 e. The second-order valence-electron chi connectivity index (χ2n) is 2.79. The fraction of sp³-hybridized carbons (Fsp3) is 0.400. The number of ether oxygens (including phenoxy) is 2. The first-order chi connectivity index (χ1) is 6.26. The van der Waals surface area contributed by atoms with Crippen LogP contribution in [0.25, 0.3) is 0 Å². The third-order valence-electron chi connectivity index (χ3n) is 1.61. The Labute approximate surface area is 78.5 Å². The predicted molar refractivity (Wildman–Crippen MR) is 53.2 cm³/mol. The highest BCUT2D eigenvalue weighted by atomic mass is 16.5. The maximum Gasteiger partial charge on any atom is 0.125 e. The van der Waals surface area contributed by atoms with E-state index in [1.807, 2.05) is 6.07 Å². The standard InChI is InChI=1S/C10H15NO2/c1-3-4-13-10-6-8(11)5-9(7-10)12-2/h5-7H,3-4,11H2,1-2H3. The quantitative estimate of drug-likeness (QED) is 0.723. The van der Waals surface area contributed by atoms with Crippen LogP contribution in [0.15, 0.2) is 18.2 Å². The van der Waals surface area contributed by atoms with Crippen LogP contribution in [0.2, 0.25) is 0 Å². The minimum Gasteiger partial charge on any atom is -0.497 e. The summed E-state index contributed by atoms with van der Waals surface area (Å²) in [6.45, 7) is 2.76. The molecule has 0 amide bonds. The molecular weight excluding hydrogens is 166 g/mol. The number of hydrogen-bond acceptors (Lipinski definition) is 3. The van der Waals surface area contributed by atoms with Crippen LogP contribution in [-0.2, 0) is 0 Å². The van der Waals surface area contributed by atoms with Crippen molar-refractivity contribution >= 4 is 5.69 Å². The Morgan fingerprint density at radius 2 is 1.92 bits per heavy atom. The molecule has 1 aromatic rings. The summed E-state index contributed by atoms with van der Waals surface area (Å²) in [4.78, 5) is 0. The molecule has 0 aliphatic rings. The normalized spacial score (nSPS) is 9.69. The van der Waals surface area contributed by atoms with Crippen molar-refractivity contribution in [3.63, 3.8) is 0 Å². The summed E-state index contributed by atoms with van der Waals surface area (Å²) < 4.78 is 10.5. The number of hydrogen-bond donors (Lipinski definition) is 1. The summed E-state index contributed by atoms with van der Waals surface area (Å²) in [7, 11) is 1.61. The molecule has 0 unspecified atom stereocenters. The van der Waals surface area contributed by atoms with Gasteiger partial charge >= 0.3 is 0 Å². The van der Waals surface area contributed by atoms with Crippen LogP contribution >= 0.6 is 0 Å². The van der Waals surface area contributed by atoms with Crippen molar-refractivity contribution in [3.05, 3.63) is 18.2 Å². The molecule has 13 heavy (non-hydrogen) atoms. The zero-order chi connectivity index (χ0) is 9.68. The van der Waals surface area contributed by atoms with E-state index in [4.69, 9.17) is 15.2 Å². The molecule has 72 valence electrons. The fourth-order valence-electron chi connectivity index (χ4n) is 1.01. The summed E-state index contributed by atoms with van der Waals surface area (Å²) in [5.41, 5.74) is 6.30. The molecule has 2 N–H and O–H groups in total. The van der Waals surface area contributed by atoms with Crippen LogP contribution in [0.5, 0.6) is 11.5 Å². The molecular formula is C10H15NO2. The van der Waals surface area contributed by atoms with E-state index in [2.05, 4.69) is 6.92 Å². The van der Waals surface area contributed by atoms with Gasteiger partial charge in [0.2, 0.25) is 0 Å².